The SMILES string of the molecule is CCCCCCCC/C=C\CCCCCCCCNC(CCCCCC/C=C\CCCCCCCC)C(=O)O. The zero-order valence-electron chi connectivity index (χ0n) is 26.5. The molecule has 0 rings (SSSR count). The third-order valence-corrected chi connectivity index (χ3v) is 7.88. The Bertz CT molecular complexity index is 542. The van der Waals surface area contributed by atoms with Crippen LogP contribution in [0.25, 0.3) is 0 Å². The minimum atomic E-state index is -0.683. The molecular weight excluding hydrogens is 478 g/mol. The molecular formula is C36H69NO2. The number of carboxylic acid groups (broad SMARTS) is 1. The Balaban J connectivity index is 3.47. The van der Waals surface area contributed by atoms with Gasteiger partial charge in [0.25, 0.3) is 0 Å². The first-order chi connectivity index (χ1) is 19.2. The molecule has 0 aromatic rings. The van der Waals surface area contributed by atoms with Crippen LogP contribution in [0.2, 0.25) is 0 Å². The molecule has 0 amide bonds. The van der Waals surface area contributed by atoms with Crippen molar-refractivity contribution >= 4 is 5.97 Å². The molecule has 0 spiro atoms. The molecule has 0 bridgehead atoms. The maximum atomic E-state index is 11.6. The lowest BCUT2D eigenvalue weighted by Gasteiger charge is -2.14. The van der Waals surface area contributed by atoms with E-state index in [4.69, 9.17) is 0 Å². The van der Waals surface area contributed by atoms with Crippen LogP contribution < -0.4 is 5.32 Å². The van der Waals surface area contributed by atoms with E-state index in [-0.39, 0.29) is 6.04 Å². The minimum Gasteiger partial charge on any atom is -0.480 e. The monoisotopic (exact) mass is 548 g/mol. The third kappa shape index (κ3) is 31.3. The highest BCUT2D eigenvalue weighted by Crippen LogP contribution is 2.12. The predicted molar refractivity (Wildman–Crippen MR) is 174 cm³/mol. The molecule has 230 valence electrons. The quantitative estimate of drug-likeness (QED) is 0.0650. The molecule has 3 heteroatoms. The number of nitrogens with one attached hydrogen (secondary N) is 1. The second-order valence-corrected chi connectivity index (χ2v) is 11.8. The number of unbranched alkanes of at least 4 members (excludes halogenated alkanes) is 22. The van der Waals surface area contributed by atoms with Gasteiger partial charge in [-0.2, -0.15) is 0 Å². The fourth-order valence-electron chi connectivity index (χ4n) is 5.20. The maximum absolute atomic E-state index is 11.6. The molecule has 0 saturated heterocycles. The van der Waals surface area contributed by atoms with E-state index in [9.17, 15) is 9.90 Å². The summed E-state index contributed by atoms with van der Waals surface area (Å²) in [7, 11) is 0. The second-order valence-electron chi connectivity index (χ2n) is 11.8. The lowest BCUT2D eigenvalue weighted by molar-refractivity contribution is -0.139. The number of carbonyl (C=O) groups is 1. The highest BCUT2D eigenvalue weighted by molar-refractivity contribution is 5.73. The molecule has 1 unspecified atom stereocenters. The van der Waals surface area contributed by atoms with Crippen LogP contribution >= 0.6 is 0 Å². The topological polar surface area (TPSA) is 49.3 Å². The Labute approximate surface area is 245 Å². The lowest BCUT2D eigenvalue weighted by atomic mass is 10.1. The number of carboxylic acids is 1. The number of aliphatic carboxylic acids is 1. The van der Waals surface area contributed by atoms with Gasteiger partial charge in [-0.1, -0.05) is 147 Å². The molecule has 0 heterocycles. The van der Waals surface area contributed by atoms with E-state index in [0.29, 0.717) is 0 Å². The Hall–Kier alpha value is -1.09. The Morgan fingerprint density at radius 2 is 0.846 bits per heavy atom. The summed E-state index contributed by atoms with van der Waals surface area (Å²) >= 11 is 0. The fraction of sp³-hybridized carbons (Fsp3) is 0.861. The molecule has 0 radical (unpaired) electrons. The van der Waals surface area contributed by atoms with Crippen molar-refractivity contribution in [2.45, 2.75) is 193 Å². The first-order valence-electron chi connectivity index (χ1n) is 17.5. The van der Waals surface area contributed by atoms with E-state index in [1.165, 1.54) is 148 Å². The van der Waals surface area contributed by atoms with Crippen LogP contribution in [0.3, 0.4) is 0 Å². The molecule has 0 aliphatic rings. The zero-order valence-corrected chi connectivity index (χ0v) is 26.5. The maximum Gasteiger partial charge on any atom is 0.320 e. The first-order valence-corrected chi connectivity index (χ1v) is 17.5. The highest BCUT2D eigenvalue weighted by atomic mass is 16.4. The van der Waals surface area contributed by atoms with Crippen molar-refractivity contribution in [3.63, 3.8) is 0 Å². The molecule has 0 fully saturated rings. The normalized spacial score (nSPS) is 12.7. The number of hydrogen-bond acceptors (Lipinski definition) is 2. The zero-order chi connectivity index (χ0) is 28.5. The average Bonchev–Trinajstić information content (AvgIpc) is 2.93. The van der Waals surface area contributed by atoms with Crippen LogP contribution in [0.5, 0.6) is 0 Å². The van der Waals surface area contributed by atoms with Crippen molar-refractivity contribution in [3.8, 4) is 0 Å². The second kappa shape index (κ2) is 33.1. The summed E-state index contributed by atoms with van der Waals surface area (Å²) in [5.41, 5.74) is 0. The smallest absolute Gasteiger partial charge is 0.320 e. The van der Waals surface area contributed by atoms with Crippen LogP contribution in [0, 0.1) is 0 Å². The van der Waals surface area contributed by atoms with Crippen LogP contribution in [-0.4, -0.2) is 23.7 Å². The standard InChI is InChI=1S/C36H69NO2/c1-3-5-7-9-11-13-15-17-19-20-22-24-26-28-30-32-34-37-35(36(38)39)33-31-29-27-25-23-21-18-16-14-12-10-8-6-4-2/h17-19,21,35,37H,3-16,20,22-34H2,1-2H3,(H,38,39)/b19-17-,21-18-. The summed E-state index contributed by atoms with van der Waals surface area (Å²) in [6.45, 7) is 5.38. The molecule has 0 aromatic carbocycles. The molecule has 0 aliphatic heterocycles. The van der Waals surface area contributed by atoms with Crippen LogP contribution in [0.15, 0.2) is 24.3 Å². The van der Waals surface area contributed by atoms with Gasteiger partial charge in [0.1, 0.15) is 6.04 Å². The van der Waals surface area contributed by atoms with Gasteiger partial charge in [-0.3, -0.25) is 4.79 Å². The Kier molecular flexibility index (Phi) is 32.2. The van der Waals surface area contributed by atoms with Gasteiger partial charge in [-0.15, -0.1) is 0 Å². The van der Waals surface area contributed by atoms with Gasteiger partial charge in [0, 0.05) is 0 Å². The summed E-state index contributed by atoms with van der Waals surface area (Å²) in [5.74, 6) is -0.683. The van der Waals surface area contributed by atoms with E-state index in [1.54, 1.807) is 0 Å². The Morgan fingerprint density at radius 1 is 0.513 bits per heavy atom. The van der Waals surface area contributed by atoms with Crippen molar-refractivity contribution in [3.05, 3.63) is 24.3 Å². The number of rotatable bonds is 32. The molecule has 39 heavy (non-hydrogen) atoms. The summed E-state index contributed by atoms with van der Waals surface area (Å²) in [5, 5.41) is 12.8. The van der Waals surface area contributed by atoms with Gasteiger partial charge in [0.15, 0.2) is 0 Å². The van der Waals surface area contributed by atoms with Crippen molar-refractivity contribution in [1.82, 2.24) is 5.32 Å². The van der Waals surface area contributed by atoms with Crippen molar-refractivity contribution in [2.24, 2.45) is 0 Å². The fourth-order valence-corrected chi connectivity index (χ4v) is 5.20. The van der Waals surface area contributed by atoms with Gasteiger partial charge in [-0.05, 0) is 70.8 Å². The van der Waals surface area contributed by atoms with Crippen molar-refractivity contribution in [2.75, 3.05) is 6.54 Å². The van der Waals surface area contributed by atoms with Crippen LogP contribution in [0.4, 0.5) is 0 Å². The minimum absolute atomic E-state index is 0.370. The highest BCUT2D eigenvalue weighted by Gasteiger charge is 2.15. The largest absolute Gasteiger partial charge is 0.480 e. The summed E-state index contributed by atoms with van der Waals surface area (Å²) in [6, 6.07) is -0.370. The Morgan fingerprint density at radius 3 is 1.23 bits per heavy atom. The lowest BCUT2D eigenvalue weighted by Crippen LogP contribution is -2.37. The third-order valence-electron chi connectivity index (χ3n) is 7.88. The van der Waals surface area contributed by atoms with Gasteiger partial charge in [0.2, 0.25) is 0 Å². The van der Waals surface area contributed by atoms with Gasteiger partial charge in [0.05, 0.1) is 0 Å². The van der Waals surface area contributed by atoms with Crippen molar-refractivity contribution in [1.29, 1.82) is 0 Å². The predicted octanol–water partition coefficient (Wildman–Crippen LogP) is 11.7. The molecule has 1 atom stereocenters. The van der Waals surface area contributed by atoms with E-state index >= 15 is 0 Å². The summed E-state index contributed by atoms with van der Waals surface area (Å²) < 4.78 is 0. The van der Waals surface area contributed by atoms with Crippen LogP contribution in [0.1, 0.15) is 187 Å². The van der Waals surface area contributed by atoms with Gasteiger partial charge < -0.3 is 10.4 Å². The average molecular weight is 548 g/mol. The van der Waals surface area contributed by atoms with E-state index in [0.717, 1.165) is 32.2 Å². The van der Waals surface area contributed by atoms with Crippen molar-refractivity contribution < 1.29 is 9.90 Å². The van der Waals surface area contributed by atoms with E-state index in [1.807, 2.05) is 0 Å². The summed E-state index contributed by atoms with van der Waals surface area (Å²) in [4.78, 5) is 11.6. The molecule has 0 aromatic heterocycles. The van der Waals surface area contributed by atoms with Gasteiger partial charge in [-0.25, -0.2) is 0 Å². The molecule has 0 saturated carbocycles. The number of hydrogen-bond donors (Lipinski definition) is 2. The molecule has 0 aliphatic carbocycles. The first kappa shape index (κ1) is 37.9. The number of allylic oxidation sites excluding steroid dienone is 4. The summed E-state index contributed by atoms with van der Waals surface area (Å²) in [6.07, 6.45) is 43.8. The molecule has 2 N–H and O–H groups in total. The van der Waals surface area contributed by atoms with E-state index in [2.05, 4.69) is 43.5 Å². The van der Waals surface area contributed by atoms with E-state index < -0.39 is 5.97 Å². The van der Waals surface area contributed by atoms with Crippen LogP contribution in [-0.2, 0) is 4.79 Å². The van der Waals surface area contributed by atoms with Gasteiger partial charge >= 0.3 is 5.97 Å². The molecule has 3 nitrogen and oxygen atoms in total.